The Bertz CT molecular complexity index is 700. The van der Waals surface area contributed by atoms with Crippen LogP contribution >= 0.6 is 0 Å². The van der Waals surface area contributed by atoms with E-state index in [1.165, 1.54) is 0 Å². The molecule has 4 heterocycles. The molecular weight excluding hydrogens is 304 g/mol. The van der Waals surface area contributed by atoms with Crippen LogP contribution in [0.3, 0.4) is 0 Å². The first kappa shape index (κ1) is 15.6. The Kier molecular flexibility index (Phi) is 4.47. The van der Waals surface area contributed by atoms with Gasteiger partial charge in [0.05, 0.1) is 6.10 Å². The third-order valence-corrected chi connectivity index (χ3v) is 5.26. The Balaban J connectivity index is 1.32. The van der Waals surface area contributed by atoms with Crippen LogP contribution in [0.4, 0.5) is 0 Å². The number of carbonyl (C=O) groups is 1. The summed E-state index contributed by atoms with van der Waals surface area (Å²) >= 11 is 0. The lowest BCUT2D eigenvalue weighted by molar-refractivity contribution is -0.132. The number of piperidine rings is 1. The lowest BCUT2D eigenvalue weighted by Gasteiger charge is -2.31. The van der Waals surface area contributed by atoms with E-state index in [-0.39, 0.29) is 5.91 Å². The molecule has 2 aromatic rings. The number of carbonyl (C=O) groups excluding carboxylic acids is 1. The van der Waals surface area contributed by atoms with E-state index < -0.39 is 0 Å². The van der Waals surface area contributed by atoms with E-state index in [1.54, 1.807) is 0 Å². The normalized spacial score (nSPS) is 22.3. The van der Waals surface area contributed by atoms with Gasteiger partial charge in [0.1, 0.15) is 5.82 Å². The van der Waals surface area contributed by atoms with E-state index >= 15 is 0 Å². The van der Waals surface area contributed by atoms with Crippen molar-refractivity contribution < 1.29 is 9.53 Å². The maximum Gasteiger partial charge on any atom is 0.222 e. The number of likely N-dealkylation sites (tertiary alicyclic amines) is 1. The van der Waals surface area contributed by atoms with Gasteiger partial charge in [-0.15, -0.1) is 10.2 Å². The second kappa shape index (κ2) is 6.89. The molecular formula is C18H24N4O2. The molecule has 0 radical (unpaired) electrons. The van der Waals surface area contributed by atoms with Crippen LogP contribution in [0.1, 0.15) is 50.3 Å². The number of rotatable bonds is 4. The van der Waals surface area contributed by atoms with Gasteiger partial charge in [-0.25, -0.2) is 0 Å². The molecule has 0 aromatic carbocycles. The van der Waals surface area contributed by atoms with Gasteiger partial charge < -0.3 is 9.64 Å². The number of amides is 1. The number of ether oxygens (including phenoxy) is 1. The van der Waals surface area contributed by atoms with Crippen LogP contribution in [-0.2, 0) is 9.53 Å². The van der Waals surface area contributed by atoms with Gasteiger partial charge >= 0.3 is 0 Å². The molecule has 0 bridgehead atoms. The Morgan fingerprint density at radius 1 is 1.21 bits per heavy atom. The molecule has 0 spiro atoms. The standard InChI is InChI=1S/C18H24N4O2/c23-17(7-6-15-4-3-13-24-15)21-11-8-14(9-12-21)18-20-19-16-5-1-2-10-22(16)18/h1-2,5,10,14-15H,3-4,6-9,11-13H2/t15-/m1/s1. The maximum absolute atomic E-state index is 12.4. The Labute approximate surface area is 141 Å². The van der Waals surface area contributed by atoms with E-state index in [4.69, 9.17) is 4.74 Å². The fraction of sp³-hybridized carbons (Fsp3) is 0.611. The van der Waals surface area contributed by atoms with Crippen LogP contribution < -0.4 is 0 Å². The second-order valence-electron chi connectivity index (χ2n) is 6.82. The summed E-state index contributed by atoms with van der Waals surface area (Å²) in [4.78, 5) is 14.4. The van der Waals surface area contributed by atoms with Crippen molar-refractivity contribution in [1.82, 2.24) is 19.5 Å². The quantitative estimate of drug-likeness (QED) is 0.865. The van der Waals surface area contributed by atoms with Crippen molar-refractivity contribution in [3.63, 3.8) is 0 Å². The van der Waals surface area contributed by atoms with E-state index in [0.29, 0.717) is 18.4 Å². The zero-order chi connectivity index (χ0) is 16.4. The molecule has 1 amide bonds. The van der Waals surface area contributed by atoms with Crippen molar-refractivity contribution in [3.05, 3.63) is 30.2 Å². The second-order valence-corrected chi connectivity index (χ2v) is 6.82. The summed E-state index contributed by atoms with van der Waals surface area (Å²) in [5.74, 6) is 1.68. The van der Waals surface area contributed by atoms with Gasteiger partial charge in [0.15, 0.2) is 5.65 Å². The van der Waals surface area contributed by atoms with Gasteiger partial charge in [0.25, 0.3) is 0 Å². The van der Waals surface area contributed by atoms with Crippen LogP contribution in [0.15, 0.2) is 24.4 Å². The lowest BCUT2D eigenvalue weighted by Crippen LogP contribution is -2.38. The van der Waals surface area contributed by atoms with Crippen molar-refractivity contribution in [2.75, 3.05) is 19.7 Å². The van der Waals surface area contributed by atoms with E-state index in [1.807, 2.05) is 29.3 Å². The highest BCUT2D eigenvalue weighted by atomic mass is 16.5. The third-order valence-electron chi connectivity index (χ3n) is 5.26. The van der Waals surface area contributed by atoms with Gasteiger partial charge in [-0.1, -0.05) is 6.07 Å². The summed E-state index contributed by atoms with van der Waals surface area (Å²) in [5, 5.41) is 8.61. The number of hydrogen-bond acceptors (Lipinski definition) is 4. The predicted molar refractivity (Wildman–Crippen MR) is 89.8 cm³/mol. The van der Waals surface area contributed by atoms with Crippen molar-refractivity contribution in [2.24, 2.45) is 0 Å². The van der Waals surface area contributed by atoms with Gasteiger partial charge in [-0.2, -0.15) is 0 Å². The fourth-order valence-electron chi connectivity index (χ4n) is 3.84. The zero-order valence-corrected chi connectivity index (χ0v) is 13.9. The third kappa shape index (κ3) is 3.15. The number of hydrogen-bond donors (Lipinski definition) is 0. The Morgan fingerprint density at radius 3 is 2.88 bits per heavy atom. The summed E-state index contributed by atoms with van der Waals surface area (Å²) in [7, 11) is 0. The first-order valence-corrected chi connectivity index (χ1v) is 9.00. The molecule has 24 heavy (non-hydrogen) atoms. The number of fused-ring (bicyclic) bond motifs is 1. The number of aromatic nitrogens is 3. The van der Waals surface area contributed by atoms with Crippen LogP contribution in [-0.4, -0.2) is 51.2 Å². The minimum atomic E-state index is 0.273. The van der Waals surface area contributed by atoms with Gasteiger partial charge in [0.2, 0.25) is 5.91 Å². The summed E-state index contributed by atoms with van der Waals surface area (Å²) < 4.78 is 7.68. The zero-order valence-electron chi connectivity index (χ0n) is 13.9. The molecule has 0 N–H and O–H groups in total. The Hall–Kier alpha value is -1.95. The summed E-state index contributed by atoms with van der Waals surface area (Å²) in [6.45, 7) is 2.49. The smallest absolute Gasteiger partial charge is 0.222 e. The van der Waals surface area contributed by atoms with Crippen LogP contribution in [0.25, 0.3) is 5.65 Å². The van der Waals surface area contributed by atoms with Crippen LogP contribution in [0, 0.1) is 0 Å². The molecule has 0 unspecified atom stereocenters. The molecule has 2 aromatic heterocycles. The maximum atomic E-state index is 12.4. The van der Waals surface area contributed by atoms with Crippen molar-refractivity contribution >= 4 is 11.6 Å². The monoisotopic (exact) mass is 328 g/mol. The first-order chi connectivity index (χ1) is 11.8. The molecule has 6 heteroatoms. The molecule has 6 nitrogen and oxygen atoms in total. The fourth-order valence-corrected chi connectivity index (χ4v) is 3.84. The van der Waals surface area contributed by atoms with Gasteiger partial charge in [0, 0.05) is 38.2 Å². The van der Waals surface area contributed by atoms with Gasteiger partial charge in [-0.3, -0.25) is 9.20 Å². The highest BCUT2D eigenvalue weighted by Gasteiger charge is 2.27. The summed E-state index contributed by atoms with van der Waals surface area (Å²) in [6.07, 6.45) is 7.96. The van der Waals surface area contributed by atoms with E-state index in [2.05, 4.69) is 14.6 Å². The highest BCUT2D eigenvalue weighted by Crippen LogP contribution is 2.27. The average Bonchev–Trinajstić information content (AvgIpc) is 3.29. The average molecular weight is 328 g/mol. The predicted octanol–water partition coefficient (Wildman–Crippen LogP) is 2.39. The Morgan fingerprint density at radius 2 is 2.08 bits per heavy atom. The van der Waals surface area contributed by atoms with Crippen molar-refractivity contribution in [2.45, 2.75) is 50.5 Å². The number of pyridine rings is 1. The largest absolute Gasteiger partial charge is 0.378 e. The molecule has 0 aliphatic carbocycles. The molecule has 2 saturated heterocycles. The minimum absolute atomic E-state index is 0.273. The molecule has 2 fully saturated rings. The SMILES string of the molecule is O=C(CC[C@H]1CCCO1)N1CCC(c2nnc3ccccn23)CC1. The molecule has 4 rings (SSSR count). The summed E-state index contributed by atoms with van der Waals surface area (Å²) in [6, 6.07) is 5.95. The molecule has 128 valence electrons. The van der Waals surface area contributed by atoms with E-state index in [0.717, 1.165) is 63.3 Å². The lowest BCUT2D eigenvalue weighted by atomic mass is 9.95. The number of nitrogens with zero attached hydrogens (tertiary/aromatic N) is 4. The summed E-state index contributed by atoms with van der Waals surface area (Å²) in [5.41, 5.74) is 0.891. The molecule has 2 aliphatic heterocycles. The molecule has 1 atom stereocenters. The van der Waals surface area contributed by atoms with Crippen molar-refractivity contribution in [3.8, 4) is 0 Å². The van der Waals surface area contributed by atoms with Crippen LogP contribution in [0.2, 0.25) is 0 Å². The topological polar surface area (TPSA) is 59.7 Å². The highest BCUT2D eigenvalue weighted by molar-refractivity contribution is 5.76. The molecule has 0 saturated carbocycles. The minimum Gasteiger partial charge on any atom is -0.378 e. The van der Waals surface area contributed by atoms with Gasteiger partial charge in [-0.05, 0) is 44.2 Å². The van der Waals surface area contributed by atoms with E-state index in [9.17, 15) is 4.79 Å². The van der Waals surface area contributed by atoms with Crippen molar-refractivity contribution in [1.29, 1.82) is 0 Å². The molecule has 2 aliphatic rings. The first-order valence-electron chi connectivity index (χ1n) is 9.00. The van der Waals surface area contributed by atoms with Crippen LogP contribution in [0.5, 0.6) is 0 Å².